The fourth-order valence-electron chi connectivity index (χ4n) is 1.75. The van der Waals surface area contributed by atoms with E-state index in [1.54, 1.807) is 22.7 Å². The minimum Gasteiger partial charge on any atom is -0.361 e. The number of nitrogens with one attached hydrogen (secondary N) is 1. The van der Waals surface area contributed by atoms with Crippen LogP contribution < -0.4 is 5.32 Å². The Morgan fingerprint density at radius 1 is 1.21 bits per heavy atom. The van der Waals surface area contributed by atoms with Crippen molar-refractivity contribution in [3.05, 3.63) is 44.0 Å². The summed E-state index contributed by atoms with van der Waals surface area (Å²) in [5.74, 6) is 0. The van der Waals surface area contributed by atoms with Crippen LogP contribution in [0.5, 0.6) is 0 Å². The summed E-state index contributed by atoms with van der Waals surface area (Å²) in [4.78, 5) is 5.89. The van der Waals surface area contributed by atoms with Gasteiger partial charge in [0.15, 0.2) is 5.13 Å². The molecule has 98 valence electrons. The van der Waals surface area contributed by atoms with Gasteiger partial charge in [0.05, 0.1) is 14.0 Å². The molecule has 2 nitrogen and oxygen atoms in total. The van der Waals surface area contributed by atoms with Crippen LogP contribution in [0.1, 0.15) is 4.88 Å². The second-order valence-corrected chi connectivity index (χ2v) is 8.03. The summed E-state index contributed by atoms with van der Waals surface area (Å²) >= 11 is 12.9. The van der Waals surface area contributed by atoms with Crippen LogP contribution in [0.2, 0.25) is 5.02 Å². The summed E-state index contributed by atoms with van der Waals surface area (Å²) in [7, 11) is 0. The third kappa shape index (κ3) is 3.28. The first kappa shape index (κ1) is 13.4. The first-order valence-electron chi connectivity index (χ1n) is 5.75. The number of rotatable bonds is 4. The number of benzene rings is 1. The van der Waals surface area contributed by atoms with Crippen molar-refractivity contribution >= 4 is 65.6 Å². The second-order valence-electron chi connectivity index (χ2n) is 4.01. The van der Waals surface area contributed by atoms with Crippen molar-refractivity contribution in [1.82, 2.24) is 4.98 Å². The maximum atomic E-state index is 5.96. The first-order chi connectivity index (χ1) is 9.20. The normalized spacial score (nSPS) is 11.1. The zero-order valence-corrected chi connectivity index (χ0v) is 13.8. The van der Waals surface area contributed by atoms with Gasteiger partial charge < -0.3 is 5.32 Å². The van der Waals surface area contributed by atoms with E-state index in [9.17, 15) is 0 Å². The summed E-state index contributed by atoms with van der Waals surface area (Å²) in [5.41, 5.74) is 0.957. The van der Waals surface area contributed by atoms with Gasteiger partial charge in [-0.25, -0.2) is 4.98 Å². The van der Waals surface area contributed by atoms with E-state index >= 15 is 0 Å². The Morgan fingerprint density at radius 2 is 2.11 bits per heavy atom. The number of hydrogen-bond donors (Lipinski definition) is 1. The molecule has 0 amide bonds. The lowest BCUT2D eigenvalue weighted by atomic mass is 10.3. The number of thiazole rings is 1. The fraction of sp³-hybridized carbons (Fsp3) is 0.154. The summed E-state index contributed by atoms with van der Waals surface area (Å²) in [6.07, 6.45) is 1.01. The highest BCUT2D eigenvalue weighted by molar-refractivity contribution is 9.11. The van der Waals surface area contributed by atoms with Crippen molar-refractivity contribution < 1.29 is 0 Å². The van der Waals surface area contributed by atoms with Crippen LogP contribution in [0.3, 0.4) is 0 Å². The van der Waals surface area contributed by atoms with E-state index in [-0.39, 0.29) is 0 Å². The van der Waals surface area contributed by atoms with Crippen LogP contribution in [-0.4, -0.2) is 11.5 Å². The summed E-state index contributed by atoms with van der Waals surface area (Å²) in [6, 6.07) is 10.0. The average Bonchev–Trinajstić information content (AvgIpc) is 2.95. The van der Waals surface area contributed by atoms with Crippen LogP contribution in [0.15, 0.2) is 34.1 Å². The molecule has 1 aromatic carbocycles. The lowest BCUT2D eigenvalue weighted by Gasteiger charge is -1.99. The smallest absolute Gasteiger partial charge is 0.183 e. The molecule has 0 aliphatic rings. The Balaban J connectivity index is 1.65. The summed E-state index contributed by atoms with van der Waals surface area (Å²) in [5, 5.41) is 5.05. The van der Waals surface area contributed by atoms with E-state index in [2.05, 4.69) is 38.4 Å². The molecular weight excluding hydrogens is 364 g/mol. The molecule has 2 heterocycles. The molecule has 0 spiro atoms. The van der Waals surface area contributed by atoms with Crippen LogP contribution in [0, 0.1) is 0 Å². The van der Waals surface area contributed by atoms with Crippen molar-refractivity contribution in [1.29, 1.82) is 0 Å². The van der Waals surface area contributed by atoms with Crippen molar-refractivity contribution in [3.8, 4) is 0 Å². The Hall–Kier alpha value is -0.620. The predicted molar refractivity (Wildman–Crippen MR) is 88.8 cm³/mol. The van der Waals surface area contributed by atoms with Crippen LogP contribution in [0.25, 0.3) is 10.2 Å². The van der Waals surface area contributed by atoms with E-state index < -0.39 is 0 Å². The molecule has 0 bridgehead atoms. The quantitative estimate of drug-likeness (QED) is 0.659. The highest BCUT2D eigenvalue weighted by atomic mass is 79.9. The second kappa shape index (κ2) is 5.79. The van der Waals surface area contributed by atoms with Gasteiger partial charge >= 0.3 is 0 Å². The molecule has 0 aliphatic heterocycles. The number of nitrogens with zero attached hydrogens (tertiary/aromatic N) is 1. The number of hydrogen-bond acceptors (Lipinski definition) is 4. The zero-order valence-electron chi connectivity index (χ0n) is 9.82. The van der Waals surface area contributed by atoms with Gasteiger partial charge in [0, 0.05) is 16.4 Å². The van der Waals surface area contributed by atoms with E-state index in [4.69, 9.17) is 11.6 Å². The molecule has 0 radical (unpaired) electrons. The third-order valence-electron chi connectivity index (χ3n) is 2.63. The summed E-state index contributed by atoms with van der Waals surface area (Å²) < 4.78 is 2.34. The number of anilines is 1. The Bertz CT molecular complexity index is 708. The Kier molecular flexibility index (Phi) is 4.07. The molecule has 0 unspecified atom stereocenters. The molecule has 0 saturated carbocycles. The van der Waals surface area contributed by atoms with Gasteiger partial charge in [-0.2, -0.15) is 0 Å². The Morgan fingerprint density at radius 3 is 2.89 bits per heavy atom. The van der Waals surface area contributed by atoms with Gasteiger partial charge in [0.25, 0.3) is 0 Å². The van der Waals surface area contributed by atoms with E-state index in [1.807, 2.05) is 18.2 Å². The van der Waals surface area contributed by atoms with Crippen LogP contribution in [-0.2, 0) is 6.42 Å². The Labute approximate surface area is 132 Å². The molecular formula is C13H10BrClN2S2. The fourth-order valence-corrected chi connectivity index (χ4v) is 4.28. The predicted octanol–water partition coefficient (Wildman–Crippen LogP) is 5.43. The van der Waals surface area contributed by atoms with Crippen molar-refractivity contribution in [2.24, 2.45) is 0 Å². The van der Waals surface area contributed by atoms with Gasteiger partial charge in [0.2, 0.25) is 0 Å². The molecule has 2 aromatic heterocycles. The van der Waals surface area contributed by atoms with Crippen LogP contribution in [0.4, 0.5) is 5.13 Å². The lowest BCUT2D eigenvalue weighted by Crippen LogP contribution is -2.03. The maximum absolute atomic E-state index is 5.96. The molecule has 6 heteroatoms. The van der Waals surface area contributed by atoms with E-state index in [0.717, 1.165) is 33.3 Å². The number of fused-ring (bicyclic) bond motifs is 1. The molecule has 3 aromatic rings. The van der Waals surface area contributed by atoms with Gasteiger partial charge in [-0.3, -0.25) is 0 Å². The molecule has 0 aliphatic carbocycles. The molecule has 3 rings (SSSR count). The molecule has 0 atom stereocenters. The van der Waals surface area contributed by atoms with E-state index in [1.165, 1.54) is 8.66 Å². The molecule has 19 heavy (non-hydrogen) atoms. The topological polar surface area (TPSA) is 24.9 Å². The van der Waals surface area contributed by atoms with Gasteiger partial charge in [-0.05, 0) is 52.7 Å². The minimum atomic E-state index is 0.729. The highest BCUT2D eigenvalue weighted by Crippen LogP contribution is 2.28. The lowest BCUT2D eigenvalue weighted by molar-refractivity contribution is 1.04. The standard InChI is InChI=1S/C13H10BrClN2S2/c14-12-4-2-9(18-12)5-6-16-13-17-10-7-8(15)1-3-11(10)19-13/h1-4,7H,5-6H2,(H,16,17). The molecule has 0 saturated heterocycles. The van der Waals surface area contributed by atoms with Gasteiger partial charge in [0.1, 0.15) is 0 Å². The van der Waals surface area contributed by atoms with Gasteiger partial charge in [-0.1, -0.05) is 22.9 Å². The maximum Gasteiger partial charge on any atom is 0.183 e. The number of thiophene rings is 1. The summed E-state index contributed by atoms with van der Waals surface area (Å²) in [6.45, 7) is 0.889. The van der Waals surface area contributed by atoms with Crippen molar-refractivity contribution in [2.75, 3.05) is 11.9 Å². The van der Waals surface area contributed by atoms with Crippen molar-refractivity contribution in [3.63, 3.8) is 0 Å². The largest absolute Gasteiger partial charge is 0.361 e. The third-order valence-corrected chi connectivity index (χ3v) is 5.54. The molecule has 0 fully saturated rings. The zero-order chi connectivity index (χ0) is 13.2. The molecule has 1 N–H and O–H groups in total. The monoisotopic (exact) mass is 372 g/mol. The van der Waals surface area contributed by atoms with Crippen LogP contribution >= 0.6 is 50.2 Å². The van der Waals surface area contributed by atoms with E-state index in [0.29, 0.717) is 0 Å². The highest BCUT2D eigenvalue weighted by Gasteiger charge is 2.04. The minimum absolute atomic E-state index is 0.729. The number of aromatic nitrogens is 1. The first-order valence-corrected chi connectivity index (χ1v) is 8.55. The average molecular weight is 374 g/mol. The van der Waals surface area contributed by atoms with Gasteiger partial charge in [-0.15, -0.1) is 11.3 Å². The van der Waals surface area contributed by atoms with Crippen molar-refractivity contribution in [2.45, 2.75) is 6.42 Å². The SMILES string of the molecule is Clc1ccc2sc(NCCc3ccc(Br)s3)nc2c1. The number of halogens is 2.